The van der Waals surface area contributed by atoms with E-state index in [9.17, 15) is 0 Å². The van der Waals surface area contributed by atoms with E-state index in [1.165, 1.54) is 16.7 Å². The zero-order chi connectivity index (χ0) is 26.9. The number of hydrogen-bond donors (Lipinski definition) is 0. The van der Waals surface area contributed by atoms with Crippen LogP contribution in [0.15, 0.2) is 72.8 Å². The predicted molar refractivity (Wildman–Crippen MR) is 162 cm³/mol. The fourth-order valence-electron chi connectivity index (χ4n) is 3.29. The maximum atomic E-state index is 5.23. The molecule has 3 aromatic rings. The van der Waals surface area contributed by atoms with Crippen molar-refractivity contribution in [1.29, 1.82) is 0 Å². The SMILES string of the molecule is COc1ccccc1[CH-][Si](C)C.COc1ccccc1[CH-][Si](C)C.COc1ccccc1[CH-][Si](C)C.[Sc+3]. The molecule has 0 fully saturated rings. The van der Waals surface area contributed by atoms with Crippen LogP contribution in [0.5, 0.6) is 17.2 Å². The minimum Gasteiger partial charge on any atom is -0.554 e. The number of rotatable bonds is 9. The van der Waals surface area contributed by atoms with Gasteiger partial charge in [0, 0.05) is 17.2 Å². The van der Waals surface area contributed by atoms with Crippen LogP contribution in [0.2, 0.25) is 39.3 Å². The van der Waals surface area contributed by atoms with E-state index in [4.69, 9.17) is 14.2 Å². The Morgan fingerprint density at radius 3 is 0.838 bits per heavy atom. The molecule has 0 bridgehead atoms. The molecule has 0 atom stereocenters. The maximum absolute atomic E-state index is 5.23. The van der Waals surface area contributed by atoms with Gasteiger partial charge in [0.1, 0.15) is 0 Å². The molecule has 0 aliphatic heterocycles. The van der Waals surface area contributed by atoms with E-state index >= 15 is 0 Å². The van der Waals surface area contributed by atoms with Crippen molar-refractivity contribution in [3.8, 4) is 17.2 Å². The molecule has 0 saturated carbocycles. The molecule has 3 rings (SSSR count). The minimum absolute atomic E-state index is 0. The third-order valence-electron chi connectivity index (χ3n) is 4.75. The fourth-order valence-corrected chi connectivity index (χ4v) is 5.87. The predicted octanol–water partition coefficient (Wildman–Crippen LogP) is 7.62. The van der Waals surface area contributed by atoms with Gasteiger partial charge in [-0.25, -0.2) is 0 Å². The zero-order valence-corrected chi connectivity index (χ0v) is 28.8. The molecule has 0 aliphatic rings. The van der Waals surface area contributed by atoms with Gasteiger partial charge >= 0.3 is 25.8 Å². The van der Waals surface area contributed by atoms with Gasteiger partial charge in [0.2, 0.25) is 0 Å². The van der Waals surface area contributed by atoms with Crippen molar-refractivity contribution in [2.45, 2.75) is 39.3 Å². The second kappa shape index (κ2) is 20.2. The molecule has 3 nitrogen and oxygen atoms in total. The number of benzene rings is 3. The summed E-state index contributed by atoms with van der Waals surface area (Å²) in [4.78, 5) is 0. The molecule has 3 aromatic carbocycles. The average Bonchev–Trinajstić information content (AvgIpc) is 2.85. The van der Waals surface area contributed by atoms with Crippen LogP contribution in [0.25, 0.3) is 0 Å². The number of para-hydroxylation sites is 3. The van der Waals surface area contributed by atoms with E-state index in [1.807, 2.05) is 54.6 Å². The normalized spacial score (nSPS) is 9.73. The minimum atomic E-state index is -0.324. The fraction of sp³-hybridized carbons (Fsp3) is 0.300. The number of methoxy groups -OCH3 is 3. The Bertz CT molecular complexity index is 870. The summed E-state index contributed by atoms with van der Waals surface area (Å²) < 4.78 is 15.7. The first-order chi connectivity index (χ1) is 17.2. The molecule has 0 aromatic heterocycles. The van der Waals surface area contributed by atoms with Gasteiger partial charge in [0.25, 0.3) is 0 Å². The van der Waals surface area contributed by atoms with Gasteiger partial charge in [-0.1, -0.05) is 75.7 Å². The summed E-state index contributed by atoms with van der Waals surface area (Å²) in [6, 6.07) is 31.3. The third kappa shape index (κ3) is 14.6. The second-order valence-electron chi connectivity index (χ2n) is 8.89. The van der Waals surface area contributed by atoms with Gasteiger partial charge in [-0.3, -0.25) is 0 Å². The molecular formula is C30H42O3ScSi3. The third-order valence-corrected chi connectivity index (χ3v) is 7.41. The quantitative estimate of drug-likeness (QED) is 0.193. The zero-order valence-electron chi connectivity index (χ0n) is 24.0. The van der Waals surface area contributed by atoms with Crippen LogP contribution >= 0.6 is 0 Å². The van der Waals surface area contributed by atoms with E-state index < -0.39 is 0 Å². The van der Waals surface area contributed by atoms with Crippen LogP contribution in [-0.2, 0) is 25.8 Å². The Morgan fingerprint density at radius 1 is 0.432 bits per heavy atom. The molecular weight excluding hydrogens is 538 g/mol. The van der Waals surface area contributed by atoms with Crippen LogP contribution in [0.3, 0.4) is 0 Å². The van der Waals surface area contributed by atoms with Gasteiger partial charge in [0.15, 0.2) is 0 Å². The summed E-state index contributed by atoms with van der Waals surface area (Å²) in [5, 5.41) is 0. The van der Waals surface area contributed by atoms with E-state index in [2.05, 4.69) is 75.6 Å². The van der Waals surface area contributed by atoms with Crippen molar-refractivity contribution < 1.29 is 40.1 Å². The van der Waals surface area contributed by atoms with Crippen molar-refractivity contribution in [1.82, 2.24) is 0 Å². The Hall–Kier alpha value is -1.81. The summed E-state index contributed by atoms with van der Waals surface area (Å²) in [7, 11) is 4.17. The van der Waals surface area contributed by atoms with E-state index in [0.29, 0.717) is 0 Å². The van der Waals surface area contributed by atoms with E-state index in [1.54, 1.807) is 21.3 Å². The van der Waals surface area contributed by atoms with Crippen LogP contribution in [-0.4, -0.2) is 47.7 Å². The summed E-state index contributed by atoms with van der Waals surface area (Å²) >= 11 is 0. The van der Waals surface area contributed by atoms with Gasteiger partial charge in [-0.15, -0.1) is 18.2 Å². The summed E-state index contributed by atoms with van der Waals surface area (Å²) in [6.45, 7) is 13.6. The number of ether oxygens (including phenoxy) is 3. The standard InChI is InChI=1S/3C10H14OSi.Sc/c3*1-11-10-7-5-4-6-9(10)8-12(2)3;/h3*4-8H,1-3H3;/q3*-1;+3. The Labute approximate surface area is 250 Å². The molecule has 7 heteroatoms. The van der Waals surface area contributed by atoms with Crippen molar-refractivity contribution in [2.75, 3.05) is 21.3 Å². The van der Waals surface area contributed by atoms with Crippen molar-refractivity contribution in [3.63, 3.8) is 0 Å². The second-order valence-corrected chi connectivity index (χ2v) is 16.2. The topological polar surface area (TPSA) is 27.7 Å². The molecule has 37 heavy (non-hydrogen) atoms. The number of hydrogen-bond acceptors (Lipinski definition) is 3. The molecule has 0 saturated heterocycles. The molecule has 0 heterocycles. The van der Waals surface area contributed by atoms with Crippen LogP contribution in [0, 0.1) is 18.1 Å². The molecule has 0 amide bonds. The van der Waals surface area contributed by atoms with Crippen LogP contribution in [0.1, 0.15) is 16.7 Å². The largest absolute Gasteiger partial charge is 3.00 e. The smallest absolute Gasteiger partial charge is 0.554 e. The first kappa shape index (κ1) is 35.2. The van der Waals surface area contributed by atoms with Gasteiger partial charge in [-0.2, -0.15) is 53.0 Å². The van der Waals surface area contributed by atoms with Gasteiger partial charge in [-0.05, 0) is 26.4 Å². The Morgan fingerprint density at radius 2 is 0.649 bits per heavy atom. The van der Waals surface area contributed by atoms with Gasteiger partial charge < -0.3 is 14.2 Å². The molecule has 0 aliphatic carbocycles. The monoisotopic (exact) mass is 579 g/mol. The molecule has 195 valence electrons. The molecule has 3 radical (unpaired) electrons. The van der Waals surface area contributed by atoms with Crippen molar-refractivity contribution in [3.05, 3.63) is 108 Å². The summed E-state index contributed by atoms with van der Waals surface area (Å²) in [5.41, 5.74) is 3.66. The van der Waals surface area contributed by atoms with Gasteiger partial charge in [0.05, 0.1) is 21.3 Å². The molecule has 0 N–H and O–H groups in total. The van der Waals surface area contributed by atoms with E-state index in [-0.39, 0.29) is 52.2 Å². The maximum Gasteiger partial charge on any atom is 3.00 e. The Kier molecular flexibility index (Phi) is 19.2. The summed E-state index contributed by atoms with van der Waals surface area (Å²) in [6.07, 6.45) is 0. The van der Waals surface area contributed by atoms with Crippen molar-refractivity contribution >= 4 is 26.4 Å². The summed E-state index contributed by atoms with van der Waals surface area (Å²) in [5.74, 6) is 2.93. The van der Waals surface area contributed by atoms with E-state index in [0.717, 1.165) is 17.2 Å². The first-order valence-electron chi connectivity index (χ1n) is 12.1. The average molecular weight is 580 g/mol. The molecule has 0 spiro atoms. The van der Waals surface area contributed by atoms with Crippen molar-refractivity contribution in [2.24, 2.45) is 0 Å². The van der Waals surface area contributed by atoms with Crippen LogP contribution < -0.4 is 14.2 Å². The van der Waals surface area contributed by atoms with Crippen LogP contribution in [0.4, 0.5) is 0 Å². The first-order valence-corrected chi connectivity index (χ1v) is 19.8. The molecule has 0 unspecified atom stereocenters. The Balaban J connectivity index is 0.000000518.